The topological polar surface area (TPSA) is 22.1 Å². The van der Waals surface area contributed by atoms with Gasteiger partial charge in [-0.15, -0.1) is 0 Å². The first-order chi connectivity index (χ1) is 9.26. The standard InChI is InChI=1S/C17H21NO/c1-4-14(5-2)15-9-8-10-16(13(15)3)19-17-11-6-7-12-18-17/h6-12,14H,4-5H2,1-3H3. The van der Waals surface area contributed by atoms with E-state index in [-0.39, 0.29) is 0 Å². The van der Waals surface area contributed by atoms with Crippen LogP contribution in [0.15, 0.2) is 42.6 Å². The van der Waals surface area contributed by atoms with Gasteiger partial charge in [0.25, 0.3) is 0 Å². The fourth-order valence-electron chi connectivity index (χ4n) is 2.43. The van der Waals surface area contributed by atoms with E-state index in [0.717, 1.165) is 18.6 Å². The molecule has 2 nitrogen and oxygen atoms in total. The third kappa shape index (κ3) is 3.14. The third-order valence-corrected chi connectivity index (χ3v) is 3.60. The molecule has 0 amide bonds. The minimum Gasteiger partial charge on any atom is -0.439 e. The van der Waals surface area contributed by atoms with Gasteiger partial charge in [0.2, 0.25) is 5.88 Å². The number of hydrogen-bond acceptors (Lipinski definition) is 2. The van der Waals surface area contributed by atoms with E-state index in [9.17, 15) is 0 Å². The predicted octanol–water partition coefficient (Wildman–Crippen LogP) is 5.09. The first-order valence-electron chi connectivity index (χ1n) is 6.94. The second kappa shape index (κ2) is 6.37. The lowest BCUT2D eigenvalue weighted by Gasteiger charge is -2.18. The largest absolute Gasteiger partial charge is 0.439 e. The smallest absolute Gasteiger partial charge is 0.219 e. The summed E-state index contributed by atoms with van der Waals surface area (Å²) in [4.78, 5) is 4.21. The molecule has 19 heavy (non-hydrogen) atoms. The monoisotopic (exact) mass is 255 g/mol. The van der Waals surface area contributed by atoms with Crippen molar-refractivity contribution in [1.29, 1.82) is 0 Å². The molecule has 100 valence electrons. The molecule has 0 fully saturated rings. The van der Waals surface area contributed by atoms with Crippen molar-refractivity contribution in [2.75, 3.05) is 0 Å². The summed E-state index contributed by atoms with van der Waals surface area (Å²) < 4.78 is 5.88. The van der Waals surface area contributed by atoms with Gasteiger partial charge in [-0.05, 0) is 48.9 Å². The average Bonchev–Trinajstić information content (AvgIpc) is 2.45. The summed E-state index contributed by atoms with van der Waals surface area (Å²) >= 11 is 0. The first-order valence-corrected chi connectivity index (χ1v) is 6.94. The fraction of sp³-hybridized carbons (Fsp3) is 0.353. The normalized spacial score (nSPS) is 10.7. The number of pyridine rings is 1. The Balaban J connectivity index is 2.30. The molecule has 2 heteroatoms. The number of benzene rings is 1. The van der Waals surface area contributed by atoms with Crippen molar-refractivity contribution in [3.63, 3.8) is 0 Å². The number of aromatic nitrogens is 1. The predicted molar refractivity (Wildman–Crippen MR) is 78.8 cm³/mol. The van der Waals surface area contributed by atoms with E-state index in [4.69, 9.17) is 4.74 Å². The van der Waals surface area contributed by atoms with Crippen LogP contribution in [-0.4, -0.2) is 4.98 Å². The highest BCUT2D eigenvalue weighted by Crippen LogP contribution is 2.32. The van der Waals surface area contributed by atoms with Gasteiger partial charge in [0.05, 0.1) is 0 Å². The van der Waals surface area contributed by atoms with Gasteiger partial charge in [0.1, 0.15) is 5.75 Å². The summed E-state index contributed by atoms with van der Waals surface area (Å²) in [6, 6.07) is 12.0. The first kappa shape index (κ1) is 13.6. The van der Waals surface area contributed by atoms with Crippen LogP contribution in [0, 0.1) is 6.92 Å². The van der Waals surface area contributed by atoms with E-state index in [1.165, 1.54) is 11.1 Å². The third-order valence-electron chi connectivity index (χ3n) is 3.60. The number of hydrogen-bond donors (Lipinski definition) is 0. The lowest BCUT2D eigenvalue weighted by atomic mass is 9.90. The Bertz CT molecular complexity index is 518. The summed E-state index contributed by atoms with van der Waals surface area (Å²) in [6.07, 6.45) is 4.06. The van der Waals surface area contributed by atoms with E-state index < -0.39 is 0 Å². The molecule has 0 aliphatic carbocycles. The highest BCUT2D eigenvalue weighted by molar-refractivity contribution is 5.42. The Morgan fingerprint density at radius 3 is 2.47 bits per heavy atom. The summed E-state index contributed by atoms with van der Waals surface area (Å²) in [5.74, 6) is 2.16. The number of rotatable bonds is 5. The van der Waals surface area contributed by atoms with Gasteiger partial charge in [0.15, 0.2) is 0 Å². The molecule has 0 saturated heterocycles. The molecule has 0 saturated carbocycles. The maximum Gasteiger partial charge on any atom is 0.219 e. The quantitative estimate of drug-likeness (QED) is 0.742. The van der Waals surface area contributed by atoms with E-state index in [2.05, 4.69) is 37.9 Å². The zero-order valence-electron chi connectivity index (χ0n) is 11.9. The summed E-state index contributed by atoms with van der Waals surface area (Å²) in [7, 11) is 0. The average molecular weight is 255 g/mol. The van der Waals surface area contributed by atoms with Gasteiger partial charge in [-0.3, -0.25) is 0 Å². The molecule has 0 spiro atoms. The van der Waals surface area contributed by atoms with E-state index in [0.29, 0.717) is 11.8 Å². The molecule has 0 aliphatic rings. The molecule has 0 bridgehead atoms. The zero-order valence-corrected chi connectivity index (χ0v) is 11.9. The Kier molecular flexibility index (Phi) is 4.56. The van der Waals surface area contributed by atoms with Crippen LogP contribution < -0.4 is 4.74 Å². The Morgan fingerprint density at radius 2 is 1.84 bits per heavy atom. The molecule has 2 aromatic rings. The van der Waals surface area contributed by atoms with Crippen molar-refractivity contribution in [3.8, 4) is 11.6 Å². The highest BCUT2D eigenvalue weighted by atomic mass is 16.5. The minimum atomic E-state index is 0.604. The molecule has 1 heterocycles. The Morgan fingerprint density at radius 1 is 1.05 bits per heavy atom. The fourth-order valence-corrected chi connectivity index (χ4v) is 2.43. The van der Waals surface area contributed by atoms with E-state index in [1.54, 1.807) is 6.20 Å². The van der Waals surface area contributed by atoms with Crippen molar-refractivity contribution in [1.82, 2.24) is 4.98 Å². The van der Waals surface area contributed by atoms with Crippen LogP contribution in [-0.2, 0) is 0 Å². The lowest BCUT2D eigenvalue weighted by molar-refractivity contribution is 0.457. The number of ether oxygens (including phenoxy) is 1. The molecule has 0 aliphatic heterocycles. The second-order valence-corrected chi connectivity index (χ2v) is 4.75. The molecule has 0 N–H and O–H groups in total. The SMILES string of the molecule is CCC(CC)c1cccc(Oc2ccccn2)c1C. The minimum absolute atomic E-state index is 0.604. The van der Waals surface area contributed by atoms with Crippen LogP contribution >= 0.6 is 0 Å². The van der Waals surface area contributed by atoms with Crippen LogP contribution in [0.5, 0.6) is 11.6 Å². The van der Waals surface area contributed by atoms with Crippen LogP contribution in [0.4, 0.5) is 0 Å². The lowest BCUT2D eigenvalue weighted by Crippen LogP contribution is -2.00. The zero-order chi connectivity index (χ0) is 13.7. The van der Waals surface area contributed by atoms with Gasteiger partial charge in [-0.2, -0.15) is 0 Å². The molecular weight excluding hydrogens is 234 g/mol. The molecule has 1 aromatic heterocycles. The summed E-state index contributed by atoms with van der Waals surface area (Å²) in [5.41, 5.74) is 2.61. The van der Waals surface area contributed by atoms with Crippen molar-refractivity contribution < 1.29 is 4.74 Å². The van der Waals surface area contributed by atoms with Crippen LogP contribution in [0.3, 0.4) is 0 Å². The van der Waals surface area contributed by atoms with Crippen molar-refractivity contribution >= 4 is 0 Å². The van der Waals surface area contributed by atoms with Crippen molar-refractivity contribution in [3.05, 3.63) is 53.7 Å². The van der Waals surface area contributed by atoms with E-state index >= 15 is 0 Å². The van der Waals surface area contributed by atoms with Crippen LogP contribution in [0.2, 0.25) is 0 Å². The van der Waals surface area contributed by atoms with Gasteiger partial charge < -0.3 is 4.74 Å². The maximum atomic E-state index is 5.88. The molecule has 0 radical (unpaired) electrons. The summed E-state index contributed by atoms with van der Waals surface area (Å²) in [5, 5.41) is 0. The van der Waals surface area contributed by atoms with Gasteiger partial charge in [0, 0.05) is 12.3 Å². The number of nitrogens with zero attached hydrogens (tertiary/aromatic N) is 1. The van der Waals surface area contributed by atoms with Gasteiger partial charge in [-0.1, -0.05) is 32.0 Å². The van der Waals surface area contributed by atoms with Gasteiger partial charge in [-0.25, -0.2) is 4.98 Å². The van der Waals surface area contributed by atoms with E-state index in [1.807, 2.05) is 24.3 Å². The van der Waals surface area contributed by atoms with Crippen LogP contribution in [0.25, 0.3) is 0 Å². The van der Waals surface area contributed by atoms with Crippen molar-refractivity contribution in [2.24, 2.45) is 0 Å². The molecule has 0 atom stereocenters. The van der Waals surface area contributed by atoms with Crippen LogP contribution in [0.1, 0.15) is 43.7 Å². The molecule has 0 unspecified atom stereocenters. The molecular formula is C17H21NO. The molecule has 2 rings (SSSR count). The summed E-state index contributed by atoms with van der Waals surface area (Å²) in [6.45, 7) is 6.60. The van der Waals surface area contributed by atoms with Crippen molar-refractivity contribution in [2.45, 2.75) is 39.5 Å². The molecule has 1 aromatic carbocycles. The maximum absolute atomic E-state index is 5.88. The van der Waals surface area contributed by atoms with Gasteiger partial charge >= 0.3 is 0 Å². The Hall–Kier alpha value is -1.83. The second-order valence-electron chi connectivity index (χ2n) is 4.75. The highest BCUT2D eigenvalue weighted by Gasteiger charge is 2.13. The Labute approximate surface area is 115 Å².